The first kappa shape index (κ1) is 15.2. The molecule has 1 aliphatic rings. The van der Waals surface area contributed by atoms with Crippen LogP contribution in [0.3, 0.4) is 0 Å². The van der Waals surface area contributed by atoms with Gasteiger partial charge in [-0.2, -0.15) is 4.99 Å². The number of carbonyl (C=O) groups is 1. The number of aliphatic imine (C=N–C) groups is 1. The van der Waals surface area contributed by atoms with Crippen molar-refractivity contribution in [3.05, 3.63) is 18.2 Å². The number of nitrogens with zero attached hydrogens (tertiary/aromatic N) is 3. The van der Waals surface area contributed by atoms with Crippen molar-refractivity contribution in [3.63, 3.8) is 0 Å². The number of ether oxygens (including phenoxy) is 2. The Labute approximate surface area is 125 Å². The van der Waals surface area contributed by atoms with Gasteiger partial charge in [-0.25, -0.2) is 4.79 Å². The lowest BCUT2D eigenvalue weighted by Crippen LogP contribution is -2.27. The normalized spacial score (nSPS) is 16.2. The molecular weight excluding hydrogens is 270 g/mol. The Bertz CT molecular complexity index is 557. The van der Waals surface area contributed by atoms with Gasteiger partial charge < -0.3 is 14.4 Å². The number of urea groups is 1. The smallest absolute Gasteiger partial charge is 0.349 e. The van der Waals surface area contributed by atoms with E-state index in [1.807, 2.05) is 11.9 Å². The van der Waals surface area contributed by atoms with E-state index in [2.05, 4.69) is 4.99 Å². The van der Waals surface area contributed by atoms with E-state index < -0.39 is 0 Å². The summed E-state index contributed by atoms with van der Waals surface area (Å²) in [5.41, 5.74) is 0.631. The molecule has 0 atom stereocenters. The van der Waals surface area contributed by atoms with E-state index in [4.69, 9.17) is 9.47 Å². The third-order valence-corrected chi connectivity index (χ3v) is 3.59. The van der Waals surface area contributed by atoms with Crippen LogP contribution in [0.15, 0.2) is 23.2 Å². The van der Waals surface area contributed by atoms with Crippen molar-refractivity contribution in [3.8, 4) is 11.5 Å². The minimum absolute atomic E-state index is 0.315. The maximum atomic E-state index is 12.3. The lowest BCUT2D eigenvalue weighted by Gasteiger charge is -2.19. The fraction of sp³-hybridized carbons (Fsp3) is 0.467. The quantitative estimate of drug-likeness (QED) is 0.858. The predicted molar refractivity (Wildman–Crippen MR) is 82.6 cm³/mol. The third kappa shape index (κ3) is 3.26. The topological polar surface area (TPSA) is 54.4 Å². The largest absolute Gasteiger partial charge is 0.497 e. The molecule has 1 aromatic rings. The summed E-state index contributed by atoms with van der Waals surface area (Å²) in [7, 11) is 6.78. The molecule has 1 fully saturated rings. The molecule has 0 N–H and O–H groups in total. The summed E-state index contributed by atoms with van der Waals surface area (Å²) >= 11 is 0. The fourth-order valence-corrected chi connectivity index (χ4v) is 2.28. The zero-order valence-corrected chi connectivity index (χ0v) is 12.9. The number of carbonyl (C=O) groups excluding carboxylic acids is 1. The molecule has 0 bridgehead atoms. The molecule has 2 rings (SSSR count). The van der Waals surface area contributed by atoms with Crippen LogP contribution in [0, 0.1) is 0 Å². The lowest BCUT2D eigenvalue weighted by molar-refractivity contribution is 0.255. The van der Waals surface area contributed by atoms with Crippen LogP contribution in [0.2, 0.25) is 0 Å². The Morgan fingerprint density at radius 3 is 2.67 bits per heavy atom. The van der Waals surface area contributed by atoms with Crippen LogP contribution in [-0.2, 0) is 0 Å². The van der Waals surface area contributed by atoms with Gasteiger partial charge in [0.15, 0.2) is 0 Å². The van der Waals surface area contributed by atoms with Crippen molar-refractivity contribution in [1.82, 2.24) is 4.90 Å². The molecule has 2 amide bonds. The van der Waals surface area contributed by atoms with Crippen molar-refractivity contribution in [1.29, 1.82) is 0 Å². The lowest BCUT2D eigenvalue weighted by atomic mass is 10.2. The highest BCUT2D eigenvalue weighted by Gasteiger charge is 2.20. The number of benzene rings is 1. The second-order valence-corrected chi connectivity index (χ2v) is 4.93. The number of rotatable bonds is 3. The third-order valence-electron chi connectivity index (χ3n) is 3.59. The molecule has 1 aromatic carbocycles. The first-order chi connectivity index (χ1) is 10.1. The Balaban J connectivity index is 2.26. The zero-order chi connectivity index (χ0) is 15.4. The van der Waals surface area contributed by atoms with Gasteiger partial charge >= 0.3 is 6.03 Å². The van der Waals surface area contributed by atoms with Crippen LogP contribution >= 0.6 is 0 Å². The van der Waals surface area contributed by atoms with Gasteiger partial charge in [0.25, 0.3) is 0 Å². The summed E-state index contributed by atoms with van der Waals surface area (Å²) in [4.78, 5) is 20.0. The summed E-state index contributed by atoms with van der Waals surface area (Å²) in [5.74, 6) is 2.09. The Hall–Kier alpha value is -2.24. The van der Waals surface area contributed by atoms with Gasteiger partial charge in [-0.15, -0.1) is 0 Å². The molecule has 0 spiro atoms. The van der Waals surface area contributed by atoms with Crippen LogP contribution in [0.25, 0.3) is 0 Å². The van der Waals surface area contributed by atoms with E-state index in [1.165, 1.54) is 4.90 Å². The number of amides is 2. The average Bonchev–Trinajstić information content (AvgIpc) is 2.90. The highest BCUT2D eigenvalue weighted by molar-refractivity contribution is 6.02. The molecular formula is C15H21N3O3. The molecule has 1 heterocycles. The first-order valence-corrected chi connectivity index (χ1v) is 6.85. The van der Waals surface area contributed by atoms with Gasteiger partial charge in [0.05, 0.1) is 19.9 Å². The molecule has 0 saturated carbocycles. The van der Waals surface area contributed by atoms with Crippen molar-refractivity contribution in [2.45, 2.75) is 12.8 Å². The molecule has 0 aromatic heterocycles. The van der Waals surface area contributed by atoms with Crippen molar-refractivity contribution in [2.24, 2.45) is 4.99 Å². The number of likely N-dealkylation sites (tertiary alicyclic amines) is 1. The summed E-state index contributed by atoms with van der Waals surface area (Å²) in [6, 6.07) is 5.00. The molecule has 6 nitrogen and oxygen atoms in total. The highest BCUT2D eigenvalue weighted by Crippen LogP contribution is 2.32. The molecule has 0 aliphatic carbocycles. The highest BCUT2D eigenvalue weighted by atomic mass is 16.5. The monoisotopic (exact) mass is 291 g/mol. The minimum atomic E-state index is -0.315. The van der Waals surface area contributed by atoms with Gasteiger partial charge in [-0.3, -0.25) is 4.90 Å². The van der Waals surface area contributed by atoms with E-state index in [0.29, 0.717) is 17.2 Å². The number of anilines is 1. The summed E-state index contributed by atoms with van der Waals surface area (Å²) in [5, 5.41) is 0. The van der Waals surface area contributed by atoms with E-state index in [9.17, 15) is 4.79 Å². The van der Waals surface area contributed by atoms with E-state index in [0.717, 1.165) is 25.2 Å². The predicted octanol–water partition coefficient (Wildman–Crippen LogP) is 2.38. The number of amidine groups is 1. The second kappa shape index (κ2) is 6.47. The van der Waals surface area contributed by atoms with Crippen LogP contribution in [-0.4, -0.2) is 51.6 Å². The molecule has 0 radical (unpaired) electrons. The first-order valence-electron chi connectivity index (χ1n) is 6.85. The fourth-order valence-electron chi connectivity index (χ4n) is 2.28. The summed E-state index contributed by atoms with van der Waals surface area (Å²) in [6.07, 6.45) is 1.88. The van der Waals surface area contributed by atoms with Crippen LogP contribution < -0.4 is 14.4 Å². The molecule has 1 saturated heterocycles. The van der Waals surface area contributed by atoms with E-state index in [-0.39, 0.29) is 6.03 Å². The van der Waals surface area contributed by atoms with E-state index >= 15 is 0 Å². The van der Waals surface area contributed by atoms with Crippen molar-refractivity contribution >= 4 is 17.6 Å². The molecule has 21 heavy (non-hydrogen) atoms. The number of hydrogen-bond donors (Lipinski definition) is 0. The molecule has 1 aliphatic heterocycles. The van der Waals surface area contributed by atoms with Crippen LogP contribution in [0.1, 0.15) is 12.8 Å². The Morgan fingerprint density at radius 2 is 2.10 bits per heavy atom. The maximum Gasteiger partial charge on any atom is 0.349 e. The Kier molecular flexibility index (Phi) is 4.67. The van der Waals surface area contributed by atoms with Gasteiger partial charge in [0.2, 0.25) is 0 Å². The maximum absolute atomic E-state index is 12.3. The Morgan fingerprint density at radius 1 is 1.33 bits per heavy atom. The standard InChI is InChI=1S/C15H21N3O3/c1-17-9-5-6-14(17)16-15(19)18(2)12-10-11(20-3)7-8-13(12)21-4/h7-8,10H,5-6,9H2,1-4H3/b16-14-. The summed E-state index contributed by atoms with van der Waals surface area (Å²) in [6.45, 7) is 0.943. The SMILES string of the molecule is COc1ccc(OC)c(N(C)C(=O)/N=C2/CCCN2C)c1. The second-order valence-electron chi connectivity index (χ2n) is 4.93. The number of hydrogen-bond acceptors (Lipinski definition) is 3. The van der Waals surface area contributed by atoms with Crippen LogP contribution in [0.4, 0.5) is 10.5 Å². The number of methoxy groups -OCH3 is 2. The zero-order valence-electron chi connectivity index (χ0n) is 12.9. The van der Waals surface area contributed by atoms with Gasteiger partial charge in [-0.05, 0) is 18.6 Å². The summed E-state index contributed by atoms with van der Waals surface area (Å²) < 4.78 is 10.5. The van der Waals surface area contributed by atoms with Crippen LogP contribution in [0.5, 0.6) is 11.5 Å². The molecule has 6 heteroatoms. The minimum Gasteiger partial charge on any atom is -0.497 e. The van der Waals surface area contributed by atoms with Gasteiger partial charge in [0.1, 0.15) is 17.3 Å². The van der Waals surface area contributed by atoms with Gasteiger partial charge in [0, 0.05) is 33.1 Å². The molecule has 114 valence electrons. The molecule has 0 unspecified atom stereocenters. The van der Waals surface area contributed by atoms with E-state index in [1.54, 1.807) is 39.5 Å². The van der Waals surface area contributed by atoms with Gasteiger partial charge in [-0.1, -0.05) is 0 Å². The average molecular weight is 291 g/mol. The van der Waals surface area contributed by atoms with Crippen molar-refractivity contribution < 1.29 is 14.3 Å². The van der Waals surface area contributed by atoms with Crippen molar-refractivity contribution in [2.75, 3.05) is 39.8 Å².